The molecule has 0 amide bonds. The number of hydrogen-bond donors (Lipinski definition) is 2. The number of halogens is 2. The Hall–Kier alpha value is -1.46. The van der Waals surface area contributed by atoms with Crippen molar-refractivity contribution in [1.29, 1.82) is 0 Å². The van der Waals surface area contributed by atoms with Gasteiger partial charge in [-0.3, -0.25) is 0 Å². The van der Waals surface area contributed by atoms with Gasteiger partial charge in [-0.15, -0.1) is 24.8 Å². The highest BCUT2D eigenvalue weighted by atomic mass is 35.5. The van der Waals surface area contributed by atoms with E-state index in [2.05, 4.69) is 60.9 Å². The summed E-state index contributed by atoms with van der Waals surface area (Å²) in [4.78, 5) is 0. The van der Waals surface area contributed by atoms with E-state index in [9.17, 15) is 0 Å². The molecule has 0 aliphatic heterocycles. The average molecular weight is 429 g/mol. The van der Waals surface area contributed by atoms with Gasteiger partial charge in [0, 0.05) is 6.54 Å². The van der Waals surface area contributed by atoms with E-state index in [4.69, 9.17) is 9.47 Å². The number of rotatable bonds is 12. The molecule has 158 valence electrons. The molecular weight excluding hydrogens is 395 g/mol. The van der Waals surface area contributed by atoms with Crippen LogP contribution in [0.3, 0.4) is 0 Å². The van der Waals surface area contributed by atoms with Crippen LogP contribution in [0.15, 0.2) is 42.5 Å². The molecule has 0 atom stereocenters. The fraction of sp³-hybridized carbons (Fsp3) is 0.455. The standard InChI is InChI=1S/C22H32N2O2.2ClH/c1-4-23-13-6-14-24-16-20-11-12-21(22(15-20)25-5-2)26-17-19-9-7-18(3)8-10-19;;/h7-12,15,23-24H,4-6,13-14,16-17H2,1-3H3;2*1H. The van der Waals surface area contributed by atoms with E-state index in [-0.39, 0.29) is 24.8 Å². The zero-order valence-corrected chi connectivity index (χ0v) is 18.8. The Morgan fingerprint density at radius 2 is 1.46 bits per heavy atom. The molecule has 0 fully saturated rings. The quantitative estimate of drug-likeness (QED) is 0.471. The molecule has 4 nitrogen and oxygen atoms in total. The molecule has 0 spiro atoms. The molecule has 0 saturated carbocycles. The van der Waals surface area contributed by atoms with Crippen LogP contribution in [-0.4, -0.2) is 26.2 Å². The highest BCUT2D eigenvalue weighted by Crippen LogP contribution is 2.29. The Labute approximate surface area is 182 Å². The van der Waals surface area contributed by atoms with E-state index >= 15 is 0 Å². The highest BCUT2D eigenvalue weighted by molar-refractivity contribution is 5.85. The van der Waals surface area contributed by atoms with E-state index in [0.29, 0.717) is 13.2 Å². The highest BCUT2D eigenvalue weighted by Gasteiger charge is 2.07. The molecule has 0 aliphatic carbocycles. The molecule has 2 N–H and O–H groups in total. The lowest BCUT2D eigenvalue weighted by Gasteiger charge is -2.14. The van der Waals surface area contributed by atoms with Crippen LogP contribution >= 0.6 is 24.8 Å². The topological polar surface area (TPSA) is 42.5 Å². The average Bonchev–Trinajstić information content (AvgIpc) is 2.65. The third kappa shape index (κ3) is 9.65. The van der Waals surface area contributed by atoms with Gasteiger partial charge in [0.15, 0.2) is 11.5 Å². The van der Waals surface area contributed by atoms with E-state index in [1.54, 1.807) is 0 Å². The summed E-state index contributed by atoms with van der Waals surface area (Å²) in [5, 5.41) is 6.81. The lowest BCUT2D eigenvalue weighted by molar-refractivity contribution is 0.269. The fourth-order valence-electron chi connectivity index (χ4n) is 2.64. The molecule has 2 aromatic carbocycles. The van der Waals surface area contributed by atoms with E-state index in [0.717, 1.165) is 49.7 Å². The Bertz CT molecular complexity index is 651. The monoisotopic (exact) mass is 428 g/mol. The van der Waals surface area contributed by atoms with Crippen molar-refractivity contribution < 1.29 is 9.47 Å². The molecule has 2 aromatic rings. The van der Waals surface area contributed by atoms with Crippen LogP contribution in [0.1, 0.15) is 37.0 Å². The summed E-state index contributed by atoms with van der Waals surface area (Å²) in [6.07, 6.45) is 1.13. The molecule has 6 heteroatoms. The van der Waals surface area contributed by atoms with Gasteiger partial charge in [-0.2, -0.15) is 0 Å². The van der Waals surface area contributed by atoms with Crippen molar-refractivity contribution in [2.45, 2.75) is 40.3 Å². The van der Waals surface area contributed by atoms with Crippen LogP contribution < -0.4 is 20.1 Å². The molecule has 0 unspecified atom stereocenters. The summed E-state index contributed by atoms with van der Waals surface area (Å²) in [6.45, 7) is 11.3. The van der Waals surface area contributed by atoms with Crippen LogP contribution in [0.4, 0.5) is 0 Å². The third-order valence-electron chi connectivity index (χ3n) is 4.11. The first-order chi connectivity index (χ1) is 12.7. The summed E-state index contributed by atoms with van der Waals surface area (Å²) in [7, 11) is 0. The summed E-state index contributed by atoms with van der Waals surface area (Å²) in [6, 6.07) is 14.6. The van der Waals surface area contributed by atoms with Gasteiger partial charge >= 0.3 is 0 Å². The Kier molecular flexibility index (Phi) is 14.7. The zero-order valence-electron chi connectivity index (χ0n) is 17.1. The molecule has 0 radical (unpaired) electrons. The van der Waals surface area contributed by atoms with Crippen molar-refractivity contribution in [3.05, 3.63) is 59.2 Å². The maximum absolute atomic E-state index is 5.99. The second kappa shape index (κ2) is 15.5. The van der Waals surface area contributed by atoms with Gasteiger partial charge in [-0.1, -0.05) is 42.8 Å². The van der Waals surface area contributed by atoms with E-state index < -0.39 is 0 Å². The minimum absolute atomic E-state index is 0. The predicted octanol–water partition coefficient (Wildman–Crippen LogP) is 4.91. The Morgan fingerprint density at radius 1 is 0.786 bits per heavy atom. The van der Waals surface area contributed by atoms with Gasteiger partial charge in [0.1, 0.15) is 6.61 Å². The van der Waals surface area contributed by atoms with Gasteiger partial charge in [-0.05, 0) is 63.2 Å². The lowest BCUT2D eigenvalue weighted by atomic mass is 10.1. The van der Waals surface area contributed by atoms with E-state index in [1.165, 1.54) is 11.1 Å². The predicted molar refractivity (Wildman–Crippen MR) is 122 cm³/mol. The molecule has 0 bridgehead atoms. The molecule has 2 rings (SSSR count). The number of nitrogens with one attached hydrogen (secondary N) is 2. The van der Waals surface area contributed by atoms with Crippen molar-refractivity contribution in [3.63, 3.8) is 0 Å². The maximum Gasteiger partial charge on any atom is 0.161 e. The van der Waals surface area contributed by atoms with E-state index in [1.807, 2.05) is 13.0 Å². The summed E-state index contributed by atoms with van der Waals surface area (Å²) in [5.74, 6) is 1.61. The van der Waals surface area contributed by atoms with Crippen molar-refractivity contribution in [2.75, 3.05) is 26.2 Å². The fourth-order valence-corrected chi connectivity index (χ4v) is 2.64. The summed E-state index contributed by atoms with van der Waals surface area (Å²) in [5.41, 5.74) is 3.62. The first-order valence-corrected chi connectivity index (χ1v) is 9.58. The van der Waals surface area contributed by atoms with Crippen molar-refractivity contribution in [3.8, 4) is 11.5 Å². The SMILES string of the molecule is CCNCCCNCc1ccc(OCc2ccc(C)cc2)c(OCC)c1.Cl.Cl. The molecule has 0 aliphatic rings. The molecule has 0 aromatic heterocycles. The second-order valence-corrected chi connectivity index (χ2v) is 6.37. The lowest BCUT2D eigenvalue weighted by Crippen LogP contribution is -2.21. The largest absolute Gasteiger partial charge is 0.490 e. The molecule has 0 saturated heterocycles. The second-order valence-electron chi connectivity index (χ2n) is 6.37. The summed E-state index contributed by atoms with van der Waals surface area (Å²) < 4.78 is 11.8. The number of hydrogen-bond acceptors (Lipinski definition) is 4. The van der Waals surface area contributed by atoms with Crippen molar-refractivity contribution in [1.82, 2.24) is 10.6 Å². The smallest absolute Gasteiger partial charge is 0.161 e. The van der Waals surface area contributed by atoms with Crippen LogP contribution in [0.2, 0.25) is 0 Å². The summed E-state index contributed by atoms with van der Waals surface area (Å²) >= 11 is 0. The van der Waals surface area contributed by atoms with Gasteiger partial charge in [0.05, 0.1) is 6.61 Å². The third-order valence-corrected chi connectivity index (χ3v) is 4.11. The van der Waals surface area contributed by atoms with Gasteiger partial charge in [0.2, 0.25) is 0 Å². The van der Waals surface area contributed by atoms with Gasteiger partial charge in [0.25, 0.3) is 0 Å². The van der Waals surface area contributed by atoms with Crippen LogP contribution in [0, 0.1) is 6.92 Å². The number of ether oxygens (including phenoxy) is 2. The van der Waals surface area contributed by atoms with Gasteiger partial charge < -0.3 is 20.1 Å². The minimum atomic E-state index is 0. The van der Waals surface area contributed by atoms with Crippen LogP contribution in [-0.2, 0) is 13.2 Å². The minimum Gasteiger partial charge on any atom is -0.490 e. The molecular formula is C22H34Cl2N2O2. The first kappa shape index (κ1) is 26.5. The van der Waals surface area contributed by atoms with Crippen LogP contribution in [0.25, 0.3) is 0 Å². The number of aryl methyl sites for hydroxylation is 1. The van der Waals surface area contributed by atoms with Gasteiger partial charge in [-0.25, -0.2) is 0 Å². The molecule has 0 heterocycles. The Balaban J connectivity index is 0.00000364. The van der Waals surface area contributed by atoms with Crippen molar-refractivity contribution >= 4 is 24.8 Å². The zero-order chi connectivity index (χ0) is 18.6. The number of benzene rings is 2. The molecule has 28 heavy (non-hydrogen) atoms. The first-order valence-electron chi connectivity index (χ1n) is 9.58. The van der Waals surface area contributed by atoms with Crippen molar-refractivity contribution in [2.24, 2.45) is 0 Å². The maximum atomic E-state index is 5.99. The Morgan fingerprint density at radius 3 is 2.14 bits per heavy atom. The normalized spacial score (nSPS) is 9.96. The van der Waals surface area contributed by atoms with Crippen LogP contribution in [0.5, 0.6) is 11.5 Å².